The van der Waals surface area contributed by atoms with Gasteiger partial charge in [-0.25, -0.2) is 0 Å². The molecule has 0 radical (unpaired) electrons. The van der Waals surface area contributed by atoms with Crippen molar-refractivity contribution in [2.24, 2.45) is 0 Å². The largest absolute Gasteiger partial charge is 0.483 e. The molecule has 3 rings (SSSR count). The van der Waals surface area contributed by atoms with Crippen molar-refractivity contribution in [2.45, 2.75) is 13.8 Å². The molecule has 1 heterocycles. The highest BCUT2D eigenvalue weighted by atomic mass is 79.9. The van der Waals surface area contributed by atoms with Gasteiger partial charge in [0.1, 0.15) is 11.3 Å². The van der Waals surface area contributed by atoms with Crippen LogP contribution in [0.3, 0.4) is 0 Å². The van der Waals surface area contributed by atoms with E-state index in [1.807, 2.05) is 50.2 Å². The molecule has 0 unspecified atom stereocenters. The molecule has 0 aliphatic carbocycles. The first-order chi connectivity index (χ1) is 12.4. The third-order valence-electron chi connectivity index (χ3n) is 3.74. The number of halogens is 1. The van der Waals surface area contributed by atoms with Crippen molar-refractivity contribution in [1.29, 1.82) is 0 Å². The van der Waals surface area contributed by atoms with Gasteiger partial charge in [-0.15, -0.1) is 0 Å². The van der Waals surface area contributed by atoms with Crippen LogP contribution in [0.5, 0.6) is 5.75 Å². The number of benzene rings is 2. The maximum absolute atomic E-state index is 12.1. The Kier molecular flexibility index (Phi) is 5.27. The van der Waals surface area contributed by atoms with Crippen LogP contribution in [0.2, 0.25) is 0 Å². The maximum atomic E-state index is 12.1. The second-order valence-electron chi connectivity index (χ2n) is 5.83. The molecule has 26 heavy (non-hydrogen) atoms. The highest BCUT2D eigenvalue weighted by Gasteiger charge is 2.14. The fourth-order valence-corrected chi connectivity index (χ4v) is 2.83. The molecule has 0 spiro atoms. The Morgan fingerprint density at radius 3 is 2.69 bits per heavy atom. The van der Waals surface area contributed by atoms with Crippen LogP contribution in [0.15, 0.2) is 51.4 Å². The molecular formula is C19H17BrN2O4. The number of fused-ring (bicyclic) bond motifs is 1. The summed E-state index contributed by atoms with van der Waals surface area (Å²) in [5.41, 5.74) is 7.16. The Balaban J connectivity index is 1.55. The SMILES string of the molecule is Cc1ccc(C)c(OCC(=O)NNC(=O)c2cc3cccc(Br)c3o2)c1. The smallest absolute Gasteiger partial charge is 0.305 e. The van der Waals surface area contributed by atoms with E-state index in [4.69, 9.17) is 9.15 Å². The number of hydrogen-bond acceptors (Lipinski definition) is 4. The minimum absolute atomic E-state index is 0.0997. The van der Waals surface area contributed by atoms with Gasteiger partial charge in [0.25, 0.3) is 5.91 Å². The zero-order valence-corrected chi connectivity index (χ0v) is 15.8. The molecule has 2 aromatic carbocycles. The molecule has 2 amide bonds. The highest BCUT2D eigenvalue weighted by Crippen LogP contribution is 2.26. The number of aryl methyl sites for hydroxylation is 2. The van der Waals surface area contributed by atoms with Gasteiger partial charge < -0.3 is 9.15 Å². The maximum Gasteiger partial charge on any atom is 0.305 e. The molecule has 7 heteroatoms. The molecule has 0 bridgehead atoms. The fourth-order valence-electron chi connectivity index (χ4n) is 2.37. The summed E-state index contributed by atoms with van der Waals surface area (Å²) in [5, 5.41) is 0.786. The molecule has 0 aliphatic heterocycles. The number of rotatable bonds is 4. The van der Waals surface area contributed by atoms with Gasteiger partial charge in [-0.05, 0) is 59.1 Å². The summed E-state index contributed by atoms with van der Waals surface area (Å²) in [7, 11) is 0. The van der Waals surface area contributed by atoms with Crippen molar-refractivity contribution < 1.29 is 18.7 Å². The quantitative estimate of drug-likeness (QED) is 0.636. The van der Waals surface area contributed by atoms with Crippen LogP contribution in [-0.4, -0.2) is 18.4 Å². The Labute approximate surface area is 158 Å². The van der Waals surface area contributed by atoms with E-state index in [2.05, 4.69) is 26.8 Å². The summed E-state index contributed by atoms with van der Waals surface area (Å²) in [6.45, 7) is 3.63. The number of ether oxygens (including phenoxy) is 1. The zero-order valence-electron chi connectivity index (χ0n) is 14.3. The standard InChI is InChI=1S/C19H17BrN2O4/c1-11-6-7-12(2)15(8-11)25-10-17(23)21-22-19(24)16-9-13-4-3-5-14(20)18(13)26-16/h3-9H,10H2,1-2H3,(H,21,23)(H,22,24). The number of carbonyl (C=O) groups is 2. The summed E-state index contributed by atoms with van der Waals surface area (Å²) >= 11 is 3.36. The lowest BCUT2D eigenvalue weighted by Crippen LogP contribution is -2.43. The Morgan fingerprint density at radius 2 is 1.92 bits per heavy atom. The third-order valence-corrected chi connectivity index (χ3v) is 4.36. The summed E-state index contributed by atoms with van der Waals surface area (Å²) < 4.78 is 11.7. The predicted octanol–water partition coefficient (Wildman–Crippen LogP) is 3.65. The first-order valence-corrected chi connectivity index (χ1v) is 8.70. The van der Waals surface area contributed by atoms with Crippen molar-refractivity contribution in [3.63, 3.8) is 0 Å². The molecule has 0 saturated heterocycles. The normalized spacial score (nSPS) is 10.6. The minimum atomic E-state index is -0.548. The summed E-state index contributed by atoms with van der Waals surface area (Å²) in [5.74, 6) is -0.291. The summed E-state index contributed by atoms with van der Waals surface area (Å²) in [6, 6.07) is 12.8. The second kappa shape index (κ2) is 7.61. The first-order valence-electron chi connectivity index (χ1n) is 7.91. The lowest BCUT2D eigenvalue weighted by molar-refractivity contribution is -0.123. The fraction of sp³-hybridized carbons (Fsp3) is 0.158. The van der Waals surface area contributed by atoms with Crippen LogP contribution in [0.4, 0.5) is 0 Å². The van der Waals surface area contributed by atoms with E-state index >= 15 is 0 Å². The molecule has 134 valence electrons. The molecular weight excluding hydrogens is 400 g/mol. The number of carbonyl (C=O) groups excluding carboxylic acids is 2. The Morgan fingerprint density at radius 1 is 1.12 bits per heavy atom. The molecule has 3 aromatic rings. The van der Waals surface area contributed by atoms with Crippen molar-refractivity contribution in [2.75, 3.05) is 6.61 Å². The first kappa shape index (κ1) is 18.0. The van der Waals surface area contributed by atoms with Crippen LogP contribution >= 0.6 is 15.9 Å². The molecule has 6 nitrogen and oxygen atoms in total. The topological polar surface area (TPSA) is 80.6 Å². The van der Waals surface area contributed by atoms with Crippen LogP contribution in [0.25, 0.3) is 11.0 Å². The van der Waals surface area contributed by atoms with E-state index in [0.29, 0.717) is 11.3 Å². The van der Waals surface area contributed by atoms with E-state index < -0.39 is 11.8 Å². The molecule has 0 aliphatic rings. The monoisotopic (exact) mass is 416 g/mol. The number of para-hydroxylation sites is 1. The van der Waals surface area contributed by atoms with Crippen LogP contribution < -0.4 is 15.6 Å². The van der Waals surface area contributed by atoms with Gasteiger partial charge in [-0.1, -0.05) is 24.3 Å². The van der Waals surface area contributed by atoms with Crippen LogP contribution in [0.1, 0.15) is 21.7 Å². The second-order valence-corrected chi connectivity index (χ2v) is 6.68. The lowest BCUT2D eigenvalue weighted by Gasteiger charge is -2.10. The molecule has 2 N–H and O–H groups in total. The van der Waals surface area contributed by atoms with Gasteiger partial charge in [0.2, 0.25) is 0 Å². The molecule has 0 atom stereocenters. The van der Waals surface area contributed by atoms with E-state index in [1.54, 1.807) is 6.07 Å². The molecule has 0 fully saturated rings. The predicted molar refractivity (Wildman–Crippen MR) is 101 cm³/mol. The van der Waals surface area contributed by atoms with Gasteiger partial charge in [0.15, 0.2) is 12.4 Å². The Bertz CT molecular complexity index is 981. The summed E-state index contributed by atoms with van der Waals surface area (Å²) in [4.78, 5) is 24.0. The van der Waals surface area contributed by atoms with E-state index in [0.717, 1.165) is 21.0 Å². The lowest BCUT2D eigenvalue weighted by atomic mass is 10.1. The molecule has 1 aromatic heterocycles. The number of hydrazine groups is 1. The van der Waals surface area contributed by atoms with Gasteiger partial charge in [-0.3, -0.25) is 20.4 Å². The average Bonchev–Trinajstić information content (AvgIpc) is 3.06. The van der Waals surface area contributed by atoms with E-state index in [1.165, 1.54) is 0 Å². The third kappa shape index (κ3) is 4.05. The number of hydrogen-bond donors (Lipinski definition) is 2. The van der Waals surface area contributed by atoms with Crippen molar-refractivity contribution >= 4 is 38.7 Å². The van der Waals surface area contributed by atoms with Crippen molar-refractivity contribution in [3.8, 4) is 5.75 Å². The number of furan rings is 1. The number of nitrogens with one attached hydrogen (secondary N) is 2. The van der Waals surface area contributed by atoms with Crippen molar-refractivity contribution in [3.05, 3.63) is 63.8 Å². The van der Waals surface area contributed by atoms with Crippen LogP contribution in [-0.2, 0) is 4.79 Å². The molecule has 0 saturated carbocycles. The minimum Gasteiger partial charge on any atom is -0.483 e. The van der Waals surface area contributed by atoms with Crippen LogP contribution in [0, 0.1) is 13.8 Å². The van der Waals surface area contributed by atoms with Gasteiger partial charge in [-0.2, -0.15) is 0 Å². The van der Waals surface area contributed by atoms with Gasteiger partial charge in [0.05, 0.1) is 4.47 Å². The van der Waals surface area contributed by atoms with E-state index in [9.17, 15) is 9.59 Å². The Hall–Kier alpha value is -2.80. The highest BCUT2D eigenvalue weighted by molar-refractivity contribution is 9.10. The average molecular weight is 417 g/mol. The summed E-state index contributed by atoms with van der Waals surface area (Å²) in [6.07, 6.45) is 0. The van der Waals surface area contributed by atoms with Crippen molar-refractivity contribution in [1.82, 2.24) is 10.9 Å². The van der Waals surface area contributed by atoms with E-state index in [-0.39, 0.29) is 12.4 Å². The number of amides is 2. The van der Waals surface area contributed by atoms with Gasteiger partial charge >= 0.3 is 5.91 Å². The zero-order chi connectivity index (χ0) is 18.7. The van der Waals surface area contributed by atoms with Gasteiger partial charge in [0, 0.05) is 5.39 Å².